The molecule has 5 rings (SSSR count). The lowest BCUT2D eigenvalue weighted by Crippen LogP contribution is -2.36. The average molecular weight is 551 g/mol. The lowest BCUT2D eigenvalue weighted by atomic mass is 9.73. The Morgan fingerprint density at radius 3 is 2.69 bits per heavy atom. The zero-order valence-electron chi connectivity index (χ0n) is 23.8. The number of amides is 1. The number of aromatic nitrogens is 3. The highest BCUT2D eigenvalue weighted by Crippen LogP contribution is 2.62. The molecule has 2 aromatic heterocycles. The summed E-state index contributed by atoms with van der Waals surface area (Å²) >= 11 is 0. The van der Waals surface area contributed by atoms with Crippen molar-refractivity contribution in [2.24, 2.45) is 11.3 Å². The molecule has 1 fully saturated rings. The molecule has 9 heteroatoms. The van der Waals surface area contributed by atoms with Gasteiger partial charge in [-0.3, -0.25) is 9.78 Å². The Bertz CT molecular complexity index is 1360. The summed E-state index contributed by atoms with van der Waals surface area (Å²) in [5.74, 6) is -0.167. The number of anilines is 1. The average Bonchev–Trinajstić information content (AvgIpc) is 3.59. The molecular formula is C30H39FN4O3Si. The van der Waals surface area contributed by atoms with Crippen molar-refractivity contribution in [2.45, 2.75) is 71.9 Å². The number of benzene rings is 1. The predicted octanol–water partition coefficient (Wildman–Crippen LogP) is 6.54. The first kappa shape index (κ1) is 27.5. The first-order chi connectivity index (χ1) is 18.5. The molecule has 3 heterocycles. The van der Waals surface area contributed by atoms with E-state index in [1.165, 1.54) is 12.1 Å². The summed E-state index contributed by atoms with van der Waals surface area (Å²) < 4.78 is 27.5. The van der Waals surface area contributed by atoms with E-state index in [0.29, 0.717) is 24.8 Å². The van der Waals surface area contributed by atoms with Crippen LogP contribution in [0.25, 0.3) is 11.3 Å². The van der Waals surface area contributed by atoms with Crippen LogP contribution in [0.5, 0.6) is 5.75 Å². The number of nitrogens with zero attached hydrogens (tertiary/aromatic N) is 3. The van der Waals surface area contributed by atoms with Gasteiger partial charge in [-0.2, -0.15) is 5.10 Å². The fourth-order valence-electron chi connectivity index (χ4n) is 5.69. The molecule has 0 bridgehead atoms. The first-order valence-electron chi connectivity index (χ1n) is 13.8. The van der Waals surface area contributed by atoms with Crippen LogP contribution >= 0.6 is 0 Å². The monoisotopic (exact) mass is 550 g/mol. The minimum Gasteiger partial charge on any atom is -0.493 e. The highest BCUT2D eigenvalue weighted by atomic mass is 28.3. The van der Waals surface area contributed by atoms with Crippen molar-refractivity contribution in [1.82, 2.24) is 14.8 Å². The minimum atomic E-state index is -1.14. The van der Waals surface area contributed by atoms with E-state index in [4.69, 9.17) is 9.47 Å². The summed E-state index contributed by atoms with van der Waals surface area (Å²) in [4.78, 5) is 18.0. The third kappa shape index (κ3) is 5.79. The fourth-order valence-corrected chi connectivity index (χ4v) is 6.45. The summed E-state index contributed by atoms with van der Waals surface area (Å²) in [5.41, 5.74) is 5.20. The maximum atomic E-state index is 13.8. The standard InChI is InChI=1S/C30H39FN4O3Si/c1-19(28-24-9-7-22(31)15-26(24)38-17-30(28)11-12-30)29(36)33-23-8-10-25(32-16-23)27-20(2)34-35(21(27)3)18-37-13-14-39(4,5)6/h7-10,15-16,19,28H,11-14,17-18H2,1-6H3,(H,33,36)/t19-,28?/m0/s1. The van der Waals surface area contributed by atoms with Crippen LogP contribution in [-0.4, -0.2) is 42.0 Å². The van der Waals surface area contributed by atoms with Crippen LogP contribution in [0, 0.1) is 31.0 Å². The van der Waals surface area contributed by atoms with E-state index in [1.807, 2.05) is 37.6 Å². The normalized spacial score (nSPS) is 18.4. The molecule has 1 aromatic carbocycles. The van der Waals surface area contributed by atoms with E-state index in [0.717, 1.165) is 53.7 Å². The number of hydrogen-bond donors (Lipinski definition) is 1. The Labute approximate surface area is 231 Å². The zero-order valence-corrected chi connectivity index (χ0v) is 24.8. The number of nitrogens with one attached hydrogen (secondary N) is 1. The topological polar surface area (TPSA) is 78.3 Å². The molecule has 2 aliphatic rings. The summed E-state index contributed by atoms with van der Waals surface area (Å²) in [7, 11) is -1.14. The van der Waals surface area contributed by atoms with Crippen LogP contribution in [0.15, 0.2) is 36.5 Å². The molecule has 1 amide bonds. The van der Waals surface area contributed by atoms with Gasteiger partial charge in [0.1, 0.15) is 18.3 Å². The van der Waals surface area contributed by atoms with Gasteiger partial charge >= 0.3 is 0 Å². The van der Waals surface area contributed by atoms with Crippen molar-refractivity contribution in [3.8, 4) is 17.0 Å². The highest BCUT2D eigenvalue weighted by Gasteiger charge is 2.56. The molecule has 1 spiro atoms. The number of carbonyl (C=O) groups excluding carboxylic acids is 1. The molecular weight excluding hydrogens is 511 g/mol. The number of rotatable bonds is 9. The minimum absolute atomic E-state index is 0.0156. The molecule has 1 aliphatic carbocycles. The summed E-state index contributed by atoms with van der Waals surface area (Å²) in [6.45, 7) is 14.7. The largest absolute Gasteiger partial charge is 0.493 e. The highest BCUT2D eigenvalue weighted by molar-refractivity contribution is 6.76. The van der Waals surface area contributed by atoms with Crippen molar-refractivity contribution in [2.75, 3.05) is 18.5 Å². The lowest BCUT2D eigenvalue weighted by Gasteiger charge is -2.37. The second kappa shape index (κ2) is 10.5. The van der Waals surface area contributed by atoms with Gasteiger partial charge in [-0.05, 0) is 56.5 Å². The van der Waals surface area contributed by atoms with Crippen molar-refractivity contribution >= 4 is 19.7 Å². The molecule has 3 aromatic rings. The quantitative estimate of drug-likeness (QED) is 0.242. The molecule has 1 aliphatic heterocycles. The second-order valence-electron chi connectivity index (χ2n) is 12.4. The maximum absolute atomic E-state index is 13.8. The van der Waals surface area contributed by atoms with E-state index < -0.39 is 8.07 Å². The molecule has 1 saturated carbocycles. The van der Waals surface area contributed by atoms with Gasteiger partial charge < -0.3 is 14.8 Å². The Morgan fingerprint density at radius 2 is 2.03 bits per heavy atom. The number of fused-ring (bicyclic) bond motifs is 1. The van der Waals surface area contributed by atoms with Crippen molar-refractivity contribution in [3.63, 3.8) is 0 Å². The number of aryl methyl sites for hydroxylation is 1. The first-order valence-corrected chi connectivity index (χ1v) is 17.5. The molecule has 39 heavy (non-hydrogen) atoms. The van der Waals surface area contributed by atoms with Gasteiger partial charge in [0.15, 0.2) is 0 Å². The van der Waals surface area contributed by atoms with Gasteiger partial charge in [0, 0.05) is 49.3 Å². The van der Waals surface area contributed by atoms with Crippen molar-refractivity contribution in [1.29, 1.82) is 0 Å². The molecule has 1 N–H and O–H groups in total. The molecule has 0 radical (unpaired) electrons. The molecule has 1 unspecified atom stereocenters. The van der Waals surface area contributed by atoms with Crippen LogP contribution in [0.2, 0.25) is 25.7 Å². The van der Waals surface area contributed by atoms with Crippen LogP contribution in [-0.2, 0) is 16.3 Å². The van der Waals surface area contributed by atoms with Crippen LogP contribution in [0.4, 0.5) is 10.1 Å². The number of pyridine rings is 1. The number of halogens is 1. The second-order valence-corrected chi connectivity index (χ2v) is 18.0. The van der Waals surface area contributed by atoms with E-state index >= 15 is 0 Å². The van der Waals surface area contributed by atoms with Gasteiger partial charge in [-0.25, -0.2) is 9.07 Å². The van der Waals surface area contributed by atoms with Gasteiger partial charge in [-0.1, -0.05) is 32.6 Å². The Kier molecular flexibility index (Phi) is 7.41. The van der Waals surface area contributed by atoms with Gasteiger partial charge in [0.05, 0.1) is 29.9 Å². The van der Waals surface area contributed by atoms with E-state index in [-0.39, 0.29) is 29.0 Å². The fraction of sp³-hybridized carbons (Fsp3) is 0.500. The van der Waals surface area contributed by atoms with E-state index in [9.17, 15) is 9.18 Å². The number of hydrogen-bond acceptors (Lipinski definition) is 5. The predicted molar refractivity (Wildman–Crippen MR) is 153 cm³/mol. The summed E-state index contributed by atoms with van der Waals surface area (Å²) in [6, 6.07) is 9.58. The van der Waals surface area contributed by atoms with Gasteiger partial charge in [0.2, 0.25) is 5.91 Å². The van der Waals surface area contributed by atoms with Crippen LogP contribution in [0.3, 0.4) is 0 Å². The third-order valence-electron chi connectivity index (χ3n) is 8.17. The Morgan fingerprint density at radius 1 is 1.26 bits per heavy atom. The summed E-state index contributed by atoms with van der Waals surface area (Å²) in [5, 5.41) is 7.72. The Balaban J connectivity index is 1.26. The van der Waals surface area contributed by atoms with Crippen LogP contribution in [0.1, 0.15) is 42.6 Å². The molecule has 2 atom stereocenters. The van der Waals surface area contributed by atoms with Crippen molar-refractivity contribution in [3.05, 3.63) is 59.3 Å². The van der Waals surface area contributed by atoms with E-state index in [1.54, 1.807) is 12.3 Å². The maximum Gasteiger partial charge on any atom is 0.227 e. The molecule has 208 valence electrons. The van der Waals surface area contributed by atoms with Crippen LogP contribution < -0.4 is 10.1 Å². The van der Waals surface area contributed by atoms with Gasteiger partial charge in [0.25, 0.3) is 0 Å². The Hall–Kier alpha value is -3.04. The SMILES string of the molecule is Cc1nn(COCC[Si](C)(C)C)c(C)c1-c1ccc(NC(=O)[C@@H](C)C2c3ccc(F)cc3OCC23CC3)cn1. The van der Waals surface area contributed by atoms with Crippen molar-refractivity contribution < 1.29 is 18.7 Å². The molecule has 0 saturated heterocycles. The number of carbonyl (C=O) groups is 1. The summed E-state index contributed by atoms with van der Waals surface area (Å²) in [6.07, 6.45) is 3.72. The lowest BCUT2D eigenvalue weighted by molar-refractivity contribution is -0.121. The van der Waals surface area contributed by atoms with Gasteiger partial charge in [-0.15, -0.1) is 0 Å². The smallest absolute Gasteiger partial charge is 0.227 e. The zero-order chi connectivity index (χ0) is 27.9. The molecule has 7 nitrogen and oxygen atoms in total. The van der Waals surface area contributed by atoms with E-state index in [2.05, 4.69) is 35.0 Å². The third-order valence-corrected chi connectivity index (χ3v) is 9.87. The number of ether oxygens (including phenoxy) is 2.